The summed E-state index contributed by atoms with van der Waals surface area (Å²) in [5.41, 5.74) is 5.50. The van der Waals surface area contributed by atoms with Gasteiger partial charge in [0.25, 0.3) is 5.91 Å². The van der Waals surface area contributed by atoms with E-state index in [2.05, 4.69) is 33.8 Å². The Morgan fingerprint density at radius 1 is 1.07 bits per heavy atom. The number of aryl methyl sites for hydroxylation is 2. The first-order valence-electron chi connectivity index (χ1n) is 8.76. The zero-order chi connectivity index (χ0) is 19.2. The molecule has 0 aliphatic heterocycles. The molecule has 3 aromatic rings. The lowest BCUT2D eigenvalue weighted by atomic mass is 10.1. The maximum Gasteiger partial charge on any atom is 0.253 e. The van der Waals surface area contributed by atoms with E-state index >= 15 is 0 Å². The number of para-hydroxylation sites is 1. The van der Waals surface area contributed by atoms with Gasteiger partial charge in [-0.1, -0.05) is 30.3 Å². The summed E-state index contributed by atoms with van der Waals surface area (Å²) in [6, 6.07) is 15.6. The number of nitrogens with zero attached hydrogens (tertiary/aromatic N) is 1. The van der Waals surface area contributed by atoms with E-state index < -0.39 is 0 Å². The quantitative estimate of drug-likeness (QED) is 0.684. The summed E-state index contributed by atoms with van der Waals surface area (Å²) in [5, 5.41) is 6.25. The van der Waals surface area contributed by atoms with Gasteiger partial charge >= 0.3 is 0 Å². The average Bonchev–Trinajstić information content (AvgIpc) is 2.69. The number of anilines is 2. The molecule has 2 aromatic carbocycles. The second-order valence-electron chi connectivity index (χ2n) is 6.40. The number of methoxy groups -OCH3 is 1. The van der Waals surface area contributed by atoms with Crippen LogP contribution in [-0.4, -0.2) is 18.0 Å². The summed E-state index contributed by atoms with van der Waals surface area (Å²) in [4.78, 5) is 16.7. The first kappa shape index (κ1) is 18.5. The largest absolute Gasteiger partial charge is 0.496 e. The summed E-state index contributed by atoms with van der Waals surface area (Å²) in [5.74, 6) is 0.569. The minimum Gasteiger partial charge on any atom is -0.496 e. The Kier molecular flexibility index (Phi) is 5.71. The maximum atomic E-state index is 12.5. The van der Waals surface area contributed by atoms with Crippen molar-refractivity contribution in [3.63, 3.8) is 0 Å². The predicted octanol–water partition coefficient (Wildman–Crippen LogP) is 4.38. The van der Waals surface area contributed by atoms with E-state index in [-0.39, 0.29) is 5.91 Å². The first-order chi connectivity index (χ1) is 13.1. The molecule has 1 amide bonds. The van der Waals surface area contributed by atoms with Crippen LogP contribution in [0, 0.1) is 13.8 Å². The zero-order valence-electron chi connectivity index (χ0n) is 15.7. The van der Waals surface area contributed by atoms with Gasteiger partial charge in [-0.15, -0.1) is 0 Å². The van der Waals surface area contributed by atoms with Crippen molar-refractivity contribution in [1.29, 1.82) is 0 Å². The van der Waals surface area contributed by atoms with Crippen LogP contribution in [0.4, 0.5) is 11.4 Å². The van der Waals surface area contributed by atoms with E-state index in [9.17, 15) is 4.79 Å². The van der Waals surface area contributed by atoms with Crippen LogP contribution in [0.1, 0.15) is 27.0 Å². The molecular weight excluding hydrogens is 338 g/mol. The number of rotatable bonds is 6. The molecule has 0 aliphatic rings. The van der Waals surface area contributed by atoms with Crippen molar-refractivity contribution < 1.29 is 9.53 Å². The number of ether oxygens (including phenoxy) is 1. The summed E-state index contributed by atoms with van der Waals surface area (Å²) in [6.45, 7) is 4.47. The minimum atomic E-state index is -0.182. The molecule has 0 unspecified atom stereocenters. The van der Waals surface area contributed by atoms with Crippen molar-refractivity contribution in [3.8, 4) is 5.75 Å². The smallest absolute Gasteiger partial charge is 0.253 e. The molecular formula is C22H23N3O2. The first-order valence-corrected chi connectivity index (χ1v) is 8.76. The fourth-order valence-corrected chi connectivity index (χ4v) is 2.79. The number of benzene rings is 2. The Hall–Kier alpha value is -3.34. The molecule has 1 aromatic heterocycles. The van der Waals surface area contributed by atoms with Crippen molar-refractivity contribution in [3.05, 3.63) is 83.2 Å². The molecule has 0 aliphatic carbocycles. The highest BCUT2D eigenvalue weighted by atomic mass is 16.5. The Labute approximate surface area is 159 Å². The van der Waals surface area contributed by atoms with Crippen LogP contribution in [0.2, 0.25) is 0 Å². The van der Waals surface area contributed by atoms with Gasteiger partial charge in [0, 0.05) is 24.0 Å². The summed E-state index contributed by atoms with van der Waals surface area (Å²) in [7, 11) is 1.62. The van der Waals surface area contributed by atoms with E-state index in [0.29, 0.717) is 12.1 Å². The van der Waals surface area contributed by atoms with Gasteiger partial charge in [-0.25, -0.2) is 0 Å². The van der Waals surface area contributed by atoms with E-state index in [1.165, 1.54) is 5.56 Å². The standard InChI is InChI=1S/C22H23N3O2/c1-15-8-9-16(2)20(10-15)25-19-11-18(12-23-14-19)22(26)24-13-17-6-4-5-7-21(17)27-3/h4-12,14,25H,13H2,1-3H3,(H,24,26). The van der Waals surface area contributed by atoms with Crippen LogP contribution in [0.3, 0.4) is 0 Å². The molecule has 0 fully saturated rings. The predicted molar refractivity (Wildman–Crippen MR) is 108 cm³/mol. The van der Waals surface area contributed by atoms with Crippen LogP contribution >= 0.6 is 0 Å². The molecule has 0 spiro atoms. The van der Waals surface area contributed by atoms with Crippen LogP contribution in [0.25, 0.3) is 0 Å². The van der Waals surface area contributed by atoms with Gasteiger partial charge in [-0.05, 0) is 43.2 Å². The van der Waals surface area contributed by atoms with Gasteiger partial charge < -0.3 is 15.4 Å². The Morgan fingerprint density at radius 3 is 2.70 bits per heavy atom. The van der Waals surface area contributed by atoms with E-state index in [0.717, 1.165) is 28.3 Å². The summed E-state index contributed by atoms with van der Waals surface area (Å²) < 4.78 is 5.32. The SMILES string of the molecule is COc1ccccc1CNC(=O)c1cncc(Nc2cc(C)ccc2C)c1. The third kappa shape index (κ3) is 4.64. The van der Waals surface area contributed by atoms with Gasteiger partial charge in [0.1, 0.15) is 5.75 Å². The third-order valence-corrected chi connectivity index (χ3v) is 4.30. The van der Waals surface area contributed by atoms with Crippen molar-refractivity contribution >= 4 is 17.3 Å². The number of pyridine rings is 1. The number of amides is 1. The van der Waals surface area contributed by atoms with Crippen molar-refractivity contribution in [2.24, 2.45) is 0 Å². The Morgan fingerprint density at radius 2 is 1.89 bits per heavy atom. The number of hydrogen-bond donors (Lipinski definition) is 2. The van der Waals surface area contributed by atoms with Gasteiger partial charge in [0.2, 0.25) is 0 Å². The highest BCUT2D eigenvalue weighted by molar-refractivity contribution is 5.94. The van der Waals surface area contributed by atoms with Crippen molar-refractivity contribution in [2.45, 2.75) is 20.4 Å². The van der Waals surface area contributed by atoms with E-state index in [1.54, 1.807) is 25.6 Å². The fraction of sp³-hybridized carbons (Fsp3) is 0.182. The highest BCUT2D eigenvalue weighted by Gasteiger charge is 2.09. The molecule has 1 heterocycles. The minimum absolute atomic E-state index is 0.182. The molecule has 5 nitrogen and oxygen atoms in total. The molecule has 0 saturated heterocycles. The lowest BCUT2D eigenvalue weighted by molar-refractivity contribution is 0.0950. The van der Waals surface area contributed by atoms with Gasteiger partial charge in [-0.3, -0.25) is 9.78 Å². The van der Waals surface area contributed by atoms with Gasteiger partial charge in [0.05, 0.1) is 24.6 Å². The van der Waals surface area contributed by atoms with Crippen LogP contribution in [0.5, 0.6) is 5.75 Å². The average molecular weight is 361 g/mol. The monoisotopic (exact) mass is 361 g/mol. The van der Waals surface area contributed by atoms with Gasteiger partial charge in [0.15, 0.2) is 0 Å². The lowest BCUT2D eigenvalue weighted by Gasteiger charge is -2.12. The van der Waals surface area contributed by atoms with Crippen LogP contribution in [-0.2, 0) is 6.54 Å². The second-order valence-corrected chi connectivity index (χ2v) is 6.40. The fourth-order valence-electron chi connectivity index (χ4n) is 2.79. The van der Waals surface area contributed by atoms with Gasteiger partial charge in [-0.2, -0.15) is 0 Å². The maximum absolute atomic E-state index is 12.5. The Balaban J connectivity index is 1.71. The van der Waals surface area contributed by atoms with Crippen molar-refractivity contribution in [2.75, 3.05) is 12.4 Å². The van der Waals surface area contributed by atoms with Crippen molar-refractivity contribution in [1.82, 2.24) is 10.3 Å². The highest BCUT2D eigenvalue weighted by Crippen LogP contribution is 2.22. The molecule has 3 rings (SSSR count). The number of carbonyl (C=O) groups excluding carboxylic acids is 1. The van der Waals surface area contributed by atoms with Crippen LogP contribution in [0.15, 0.2) is 60.9 Å². The molecule has 0 saturated carbocycles. The zero-order valence-corrected chi connectivity index (χ0v) is 15.7. The topological polar surface area (TPSA) is 63.2 Å². The second kappa shape index (κ2) is 8.36. The number of carbonyl (C=O) groups is 1. The molecule has 0 radical (unpaired) electrons. The molecule has 27 heavy (non-hydrogen) atoms. The summed E-state index contributed by atoms with van der Waals surface area (Å²) >= 11 is 0. The summed E-state index contributed by atoms with van der Waals surface area (Å²) in [6.07, 6.45) is 3.27. The lowest BCUT2D eigenvalue weighted by Crippen LogP contribution is -2.23. The Bertz CT molecular complexity index is 954. The molecule has 0 atom stereocenters. The third-order valence-electron chi connectivity index (χ3n) is 4.30. The molecule has 2 N–H and O–H groups in total. The molecule has 0 bridgehead atoms. The van der Waals surface area contributed by atoms with E-state index in [4.69, 9.17) is 4.74 Å². The normalized spacial score (nSPS) is 10.3. The number of aromatic nitrogens is 1. The number of hydrogen-bond acceptors (Lipinski definition) is 4. The molecule has 138 valence electrons. The molecule has 5 heteroatoms. The van der Waals surface area contributed by atoms with Crippen LogP contribution < -0.4 is 15.4 Å². The van der Waals surface area contributed by atoms with E-state index in [1.807, 2.05) is 38.1 Å². The number of nitrogens with one attached hydrogen (secondary N) is 2.